The molecule has 13 heavy (non-hydrogen) atoms. The lowest BCUT2D eigenvalue weighted by molar-refractivity contribution is 0.387. The highest BCUT2D eigenvalue weighted by Gasteiger charge is 2.29. The molecule has 2 heteroatoms. The largest absolute Gasteiger partial charge is 0.469 e. The topological polar surface area (TPSA) is 25.2 Å². The molecular weight excluding hydrogens is 162 g/mol. The molecule has 1 aliphatic carbocycles. The summed E-state index contributed by atoms with van der Waals surface area (Å²) in [5.74, 6) is 2.61. The molecule has 1 aromatic rings. The number of furan rings is 1. The van der Waals surface area contributed by atoms with Gasteiger partial charge in [0.05, 0.1) is 6.26 Å². The number of rotatable bonds is 3. The average Bonchev–Trinajstić information content (AvgIpc) is 2.71. The van der Waals surface area contributed by atoms with Gasteiger partial charge >= 0.3 is 0 Å². The molecule has 1 aliphatic rings. The molecule has 0 radical (unpaired) electrons. The van der Waals surface area contributed by atoms with E-state index in [1.807, 2.05) is 13.1 Å². The fourth-order valence-electron chi connectivity index (χ4n) is 2.42. The standard InChI is InChI=1S/C11H17NO/c1-12-8-9-4-2-5-10(9)11-6-3-7-13-11/h3,6-7,9-10,12H,2,4-5,8H2,1H3. The van der Waals surface area contributed by atoms with Gasteiger partial charge in [0, 0.05) is 5.92 Å². The van der Waals surface area contributed by atoms with Crippen LogP contribution in [0, 0.1) is 5.92 Å². The quantitative estimate of drug-likeness (QED) is 0.770. The Morgan fingerprint density at radius 1 is 1.54 bits per heavy atom. The van der Waals surface area contributed by atoms with Crippen molar-refractivity contribution in [2.45, 2.75) is 25.2 Å². The van der Waals surface area contributed by atoms with Crippen LogP contribution < -0.4 is 5.32 Å². The van der Waals surface area contributed by atoms with E-state index in [2.05, 4.69) is 11.4 Å². The van der Waals surface area contributed by atoms with Crippen LogP contribution in [0.15, 0.2) is 22.8 Å². The minimum absolute atomic E-state index is 0.655. The Labute approximate surface area is 79.3 Å². The molecule has 0 amide bonds. The first-order valence-electron chi connectivity index (χ1n) is 5.10. The van der Waals surface area contributed by atoms with E-state index in [9.17, 15) is 0 Å². The van der Waals surface area contributed by atoms with Crippen LogP contribution in [0.1, 0.15) is 30.9 Å². The van der Waals surface area contributed by atoms with Gasteiger partial charge in [-0.05, 0) is 44.5 Å². The zero-order chi connectivity index (χ0) is 9.10. The summed E-state index contributed by atoms with van der Waals surface area (Å²) < 4.78 is 5.47. The van der Waals surface area contributed by atoms with E-state index in [1.54, 1.807) is 6.26 Å². The van der Waals surface area contributed by atoms with Gasteiger partial charge < -0.3 is 9.73 Å². The Kier molecular flexibility index (Phi) is 2.69. The third-order valence-electron chi connectivity index (χ3n) is 3.03. The van der Waals surface area contributed by atoms with Crippen molar-refractivity contribution in [2.75, 3.05) is 13.6 Å². The fourth-order valence-corrected chi connectivity index (χ4v) is 2.42. The predicted octanol–water partition coefficient (Wildman–Crippen LogP) is 2.38. The molecule has 2 unspecified atom stereocenters. The van der Waals surface area contributed by atoms with E-state index in [0.29, 0.717) is 5.92 Å². The summed E-state index contributed by atoms with van der Waals surface area (Å²) in [6.07, 6.45) is 5.76. The minimum Gasteiger partial charge on any atom is -0.469 e. The summed E-state index contributed by atoms with van der Waals surface area (Å²) in [4.78, 5) is 0. The Morgan fingerprint density at radius 3 is 3.15 bits per heavy atom. The van der Waals surface area contributed by atoms with Crippen LogP contribution in [0.25, 0.3) is 0 Å². The molecule has 2 nitrogen and oxygen atoms in total. The molecule has 1 heterocycles. The zero-order valence-electron chi connectivity index (χ0n) is 8.12. The van der Waals surface area contributed by atoms with Crippen molar-refractivity contribution in [2.24, 2.45) is 5.92 Å². The summed E-state index contributed by atoms with van der Waals surface area (Å²) in [6.45, 7) is 1.12. The molecule has 0 aliphatic heterocycles. The maximum absolute atomic E-state index is 5.47. The monoisotopic (exact) mass is 179 g/mol. The van der Waals surface area contributed by atoms with E-state index in [1.165, 1.54) is 25.0 Å². The molecule has 0 aromatic carbocycles. The van der Waals surface area contributed by atoms with Crippen molar-refractivity contribution in [3.63, 3.8) is 0 Å². The lowest BCUT2D eigenvalue weighted by atomic mass is 9.94. The van der Waals surface area contributed by atoms with Crippen LogP contribution >= 0.6 is 0 Å². The van der Waals surface area contributed by atoms with Crippen LogP contribution in [0.3, 0.4) is 0 Å². The molecule has 1 N–H and O–H groups in total. The summed E-state index contributed by atoms with van der Waals surface area (Å²) in [5.41, 5.74) is 0. The van der Waals surface area contributed by atoms with Crippen molar-refractivity contribution in [3.05, 3.63) is 24.2 Å². The molecule has 1 fully saturated rings. The third kappa shape index (κ3) is 1.78. The fraction of sp³-hybridized carbons (Fsp3) is 0.636. The van der Waals surface area contributed by atoms with E-state index < -0.39 is 0 Å². The van der Waals surface area contributed by atoms with Crippen molar-refractivity contribution in [1.29, 1.82) is 0 Å². The first-order chi connectivity index (χ1) is 6.42. The second-order valence-corrected chi connectivity index (χ2v) is 3.87. The Hall–Kier alpha value is -0.760. The number of nitrogens with one attached hydrogen (secondary N) is 1. The minimum atomic E-state index is 0.655. The highest BCUT2D eigenvalue weighted by atomic mass is 16.3. The molecule has 2 atom stereocenters. The molecule has 0 spiro atoms. The van der Waals surface area contributed by atoms with Crippen molar-refractivity contribution in [1.82, 2.24) is 5.32 Å². The van der Waals surface area contributed by atoms with Gasteiger partial charge in [0.2, 0.25) is 0 Å². The van der Waals surface area contributed by atoms with Gasteiger partial charge in [0.1, 0.15) is 5.76 Å². The molecular formula is C11H17NO. The van der Waals surface area contributed by atoms with Crippen LogP contribution in [-0.4, -0.2) is 13.6 Å². The summed E-state index contributed by atoms with van der Waals surface area (Å²) >= 11 is 0. The molecule has 0 saturated heterocycles. The molecule has 2 rings (SSSR count). The van der Waals surface area contributed by atoms with Gasteiger partial charge in [-0.2, -0.15) is 0 Å². The molecule has 1 saturated carbocycles. The second kappa shape index (κ2) is 3.97. The second-order valence-electron chi connectivity index (χ2n) is 3.87. The third-order valence-corrected chi connectivity index (χ3v) is 3.03. The van der Waals surface area contributed by atoms with Crippen LogP contribution in [0.5, 0.6) is 0 Å². The maximum Gasteiger partial charge on any atom is 0.107 e. The van der Waals surface area contributed by atoms with Crippen LogP contribution in [0.2, 0.25) is 0 Å². The van der Waals surface area contributed by atoms with E-state index in [4.69, 9.17) is 4.42 Å². The number of hydrogen-bond donors (Lipinski definition) is 1. The van der Waals surface area contributed by atoms with Gasteiger partial charge in [-0.1, -0.05) is 6.42 Å². The Morgan fingerprint density at radius 2 is 2.46 bits per heavy atom. The first-order valence-corrected chi connectivity index (χ1v) is 5.10. The lowest BCUT2D eigenvalue weighted by Gasteiger charge is -2.16. The van der Waals surface area contributed by atoms with Gasteiger partial charge in [-0.3, -0.25) is 0 Å². The van der Waals surface area contributed by atoms with Gasteiger partial charge in [-0.15, -0.1) is 0 Å². The number of hydrogen-bond acceptors (Lipinski definition) is 2. The molecule has 1 aromatic heterocycles. The summed E-state index contributed by atoms with van der Waals surface area (Å²) in [6, 6.07) is 4.10. The SMILES string of the molecule is CNCC1CCCC1c1ccco1. The van der Waals surface area contributed by atoms with Crippen LogP contribution in [-0.2, 0) is 0 Å². The maximum atomic E-state index is 5.47. The average molecular weight is 179 g/mol. The Balaban J connectivity index is 2.05. The normalized spacial score (nSPS) is 28.1. The summed E-state index contributed by atoms with van der Waals surface area (Å²) in [7, 11) is 2.03. The van der Waals surface area contributed by atoms with Crippen molar-refractivity contribution >= 4 is 0 Å². The highest BCUT2D eigenvalue weighted by Crippen LogP contribution is 2.39. The van der Waals surface area contributed by atoms with Crippen LogP contribution in [0.4, 0.5) is 0 Å². The highest BCUT2D eigenvalue weighted by molar-refractivity contribution is 5.09. The first kappa shape index (κ1) is 8.82. The predicted molar refractivity (Wildman–Crippen MR) is 52.7 cm³/mol. The van der Waals surface area contributed by atoms with Gasteiger partial charge in [0.25, 0.3) is 0 Å². The molecule has 0 bridgehead atoms. The van der Waals surface area contributed by atoms with E-state index in [-0.39, 0.29) is 0 Å². The van der Waals surface area contributed by atoms with E-state index >= 15 is 0 Å². The van der Waals surface area contributed by atoms with Crippen molar-refractivity contribution in [3.8, 4) is 0 Å². The van der Waals surface area contributed by atoms with Crippen molar-refractivity contribution < 1.29 is 4.42 Å². The Bertz CT molecular complexity index is 243. The summed E-state index contributed by atoms with van der Waals surface area (Å²) in [5, 5.41) is 3.26. The van der Waals surface area contributed by atoms with Gasteiger partial charge in [0.15, 0.2) is 0 Å². The van der Waals surface area contributed by atoms with E-state index in [0.717, 1.165) is 12.5 Å². The van der Waals surface area contributed by atoms with Gasteiger partial charge in [-0.25, -0.2) is 0 Å². The smallest absolute Gasteiger partial charge is 0.107 e. The zero-order valence-corrected chi connectivity index (χ0v) is 8.12. The lowest BCUT2D eigenvalue weighted by Crippen LogP contribution is -2.20. The molecule has 72 valence electrons.